The molecule has 0 spiro atoms. The molecule has 1 aromatic rings. The Morgan fingerprint density at radius 3 is 2.18 bits per heavy atom. The highest BCUT2D eigenvalue weighted by molar-refractivity contribution is 5.85. The number of aliphatic carboxylic acids is 1. The van der Waals surface area contributed by atoms with Crippen molar-refractivity contribution in [2.24, 2.45) is 0 Å². The Morgan fingerprint density at radius 2 is 1.73 bits per heavy atom. The normalized spacial score (nSPS) is 19.6. The van der Waals surface area contributed by atoms with Crippen molar-refractivity contribution < 1.29 is 19.4 Å². The first-order chi connectivity index (χ1) is 10.6. The molecule has 5 heteroatoms. The van der Waals surface area contributed by atoms with Gasteiger partial charge in [0.15, 0.2) is 0 Å². The summed E-state index contributed by atoms with van der Waals surface area (Å²) in [5, 5.41) is 9.69. The maximum absolute atomic E-state index is 11.8. The summed E-state index contributed by atoms with van der Waals surface area (Å²) in [5.74, 6) is 0.628. The van der Waals surface area contributed by atoms with E-state index in [0.29, 0.717) is 18.6 Å². The number of benzene rings is 1. The molecule has 5 nitrogen and oxygen atoms in total. The fourth-order valence-electron chi connectivity index (χ4n) is 3.59. The third kappa shape index (κ3) is 2.19. The van der Waals surface area contributed by atoms with Crippen LogP contribution in [0.2, 0.25) is 0 Å². The Balaban J connectivity index is 2.09. The zero-order chi connectivity index (χ0) is 15.7. The minimum atomic E-state index is -0.817. The van der Waals surface area contributed by atoms with E-state index in [0.717, 1.165) is 36.5 Å². The van der Waals surface area contributed by atoms with Crippen LogP contribution in [0.15, 0.2) is 12.1 Å². The van der Waals surface area contributed by atoms with E-state index in [-0.39, 0.29) is 0 Å². The molecule has 0 amide bonds. The first kappa shape index (κ1) is 15.0. The number of carboxylic acids is 1. The molecule has 0 atom stereocenters. The van der Waals surface area contributed by atoms with Crippen LogP contribution in [0.4, 0.5) is 5.69 Å². The molecule has 2 fully saturated rings. The molecule has 22 heavy (non-hydrogen) atoms. The standard InChI is InChI=1S/C17H23NO4/c1-21-14-11-13(18-8-3-4-9-18)15(22-2)10-12(14)17(16(19)20)6-5-7-17/h10-11H,3-9H2,1-2H3,(H,19,20). The zero-order valence-electron chi connectivity index (χ0n) is 13.2. The summed E-state index contributed by atoms with van der Waals surface area (Å²) in [6.45, 7) is 2.01. The molecule has 0 radical (unpaired) electrons. The first-order valence-electron chi connectivity index (χ1n) is 7.87. The lowest BCUT2D eigenvalue weighted by Crippen LogP contribution is -2.42. The van der Waals surface area contributed by atoms with E-state index in [1.54, 1.807) is 14.2 Å². The Hall–Kier alpha value is -1.91. The number of nitrogens with zero attached hydrogens (tertiary/aromatic N) is 1. The van der Waals surface area contributed by atoms with Crippen LogP contribution < -0.4 is 14.4 Å². The Morgan fingerprint density at radius 1 is 1.09 bits per heavy atom. The second-order valence-corrected chi connectivity index (χ2v) is 6.16. The van der Waals surface area contributed by atoms with Crippen LogP contribution in [0.25, 0.3) is 0 Å². The van der Waals surface area contributed by atoms with E-state index in [1.807, 2.05) is 12.1 Å². The monoisotopic (exact) mass is 305 g/mol. The number of anilines is 1. The smallest absolute Gasteiger partial charge is 0.314 e. The van der Waals surface area contributed by atoms with Gasteiger partial charge in [-0.1, -0.05) is 6.42 Å². The topological polar surface area (TPSA) is 59.0 Å². The van der Waals surface area contributed by atoms with Crippen LogP contribution in [0.5, 0.6) is 11.5 Å². The van der Waals surface area contributed by atoms with Crippen molar-refractivity contribution in [3.63, 3.8) is 0 Å². The number of carboxylic acid groups (broad SMARTS) is 1. The van der Waals surface area contributed by atoms with Crippen molar-refractivity contribution >= 4 is 11.7 Å². The predicted octanol–water partition coefficient (Wildman–Crippen LogP) is 2.81. The molecule has 0 bridgehead atoms. The van der Waals surface area contributed by atoms with E-state index >= 15 is 0 Å². The lowest BCUT2D eigenvalue weighted by molar-refractivity contribution is -0.147. The van der Waals surface area contributed by atoms with E-state index in [1.165, 1.54) is 12.8 Å². The lowest BCUT2D eigenvalue weighted by atomic mass is 9.64. The van der Waals surface area contributed by atoms with E-state index in [4.69, 9.17) is 9.47 Å². The van der Waals surface area contributed by atoms with E-state index < -0.39 is 11.4 Å². The highest BCUT2D eigenvalue weighted by atomic mass is 16.5. The number of hydrogen-bond donors (Lipinski definition) is 1. The Kier molecular flexibility index (Phi) is 3.89. The molecule has 2 aliphatic rings. The molecule has 1 N–H and O–H groups in total. The van der Waals surface area contributed by atoms with Crippen LogP contribution in [-0.4, -0.2) is 38.4 Å². The van der Waals surface area contributed by atoms with Crippen LogP contribution in [0.3, 0.4) is 0 Å². The highest BCUT2D eigenvalue weighted by Gasteiger charge is 2.48. The van der Waals surface area contributed by atoms with Gasteiger partial charge in [-0.15, -0.1) is 0 Å². The van der Waals surface area contributed by atoms with Gasteiger partial charge in [0.2, 0.25) is 0 Å². The van der Waals surface area contributed by atoms with Gasteiger partial charge in [-0.2, -0.15) is 0 Å². The van der Waals surface area contributed by atoms with Gasteiger partial charge in [0.1, 0.15) is 11.5 Å². The molecular weight excluding hydrogens is 282 g/mol. The Labute approximate surface area is 130 Å². The summed E-state index contributed by atoms with van der Waals surface area (Å²) in [5.41, 5.74) is 0.927. The van der Waals surface area contributed by atoms with Crippen molar-refractivity contribution in [1.29, 1.82) is 0 Å². The van der Waals surface area contributed by atoms with Gasteiger partial charge in [-0.05, 0) is 31.7 Å². The summed E-state index contributed by atoms with van der Waals surface area (Å²) in [4.78, 5) is 14.1. The summed E-state index contributed by atoms with van der Waals surface area (Å²) in [6, 6.07) is 3.82. The quantitative estimate of drug-likeness (QED) is 0.906. The van der Waals surface area contributed by atoms with Gasteiger partial charge in [-0.3, -0.25) is 4.79 Å². The van der Waals surface area contributed by atoms with E-state index in [9.17, 15) is 9.90 Å². The highest BCUT2D eigenvalue weighted by Crippen LogP contribution is 2.50. The van der Waals surface area contributed by atoms with Crippen molar-refractivity contribution in [3.05, 3.63) is 17.7 Å². The molecule has 3 rings (SSSR count). The molecule has 0 unspecified atom stereocenters. The lowest BCUT2D eigenvalue weighted by Gasteiger charge is -2.39. The van der Waals surface area contributed by atoms with Crippen LogP contribution in [0, 0.1) is 0 Å². The Bertz CT molecular complexity index is 574. The van der Waals surface area contributed by atoms with Crippen molar-refractivity contribution in [2.45, 2.75) is 37.5 Å². The maximum atomic E-state index is 11.8. The number of carbonyl (C=O) groups is 1. The molecule has 1 saturated carbocycles. The first-order valence-corrected chi connectivity index (χ1v) is 7.87. The van der Waals surface area contributed by atoms with Crippen LogP contribution >= 0.6 is 0 Å². The van der Waals surface area contributed by atoms with Gasteiger partial charge < -0.3 is 19.5 Å². The fraction of sp³-hybridized carbons (Fsp3) is 0.588. The predicted molar refractivity (Wildman–Crippen MR) is 84.2 cm³/mol. The van der Waals surface area contributed by atoms with Crippen LogP contribution in [0.1, 0.15) is 37.7 Å². The fourth-order valence-corrected chi connectivity index (χ4v) is 3.59. The second-order valence-electron chi connectivity index (χ2n) is 6.16. The maximum Gasteiger partial charge on any atom is 0.314 e. The molecule has 0 aromatic heterocycles. The minimum absolute atomic E-state index is 0.657. The molecule has 120 valence electrons. The SMILES string of the molecule is COc1cc(C2(C(=O)O)CCC2)c(OC)cc1N1CCCC1. The molecule has 1 aliphatic heterocycles. The molecule has 1 saturated heterocycles. The van der Waals surface area contributed by atoms with Gasteiger partial charge in [-0.25, -0.2) is 0 Å². The third-order valence-electron chi connectivity index (χ3n) is 5.08. The summed E-state index contributed by atoms with van der Waals surface area (Å²) in [6.07, 6.45) is 4.60. The van der Waals surface area contributed by atoms with Gasteiger partial charge in [0.05, 0.1) is 25.3 Å². The average molecular weight is 305 g/mol. The molecular formula is C17H23NO4. The summed E-state index contributed by atoms with van der Waals surface area (Å²) >= 11 is 0. The van der Waals surface area contributed by atoms with Gasteiger partial charge >= 0.3 is 5.97 Å². The molecule has 1 heterocycles. The number of ether oxygens (including phenoxy) is 2. The summed E-state index contributed by atoms with van der Waals surface area (Å²) < 4.78 is 11.1. The average Bonchev–Trinajstić information content (AvgIpc) is 2.99. The number of hydrogen-bond acceptors (Lipinski definition) is 4. The van der Waals surface area contributed by atoms with Gasteiger partial charge in [0.25, 0.3) is 0 Å². The third-order valence-corrected chi connectivity index (χ3v) is 5.08. The molecule has 1 aromatic carbocycles. The zero-order valence-corrected chi connectivity index (χ0v) is 13.2. The van der Waals surface area contributed by atoms with Gasteiger partial charge in [0, 0.05) is 24.7 Å². The van der Waals surface area contributed by atoms with Crippen molar-refractivity contribution in [1.82, 2.24) is 0 Å². The number of methoxy groups -OCH3 is 2. The van der Waals surface area contributed by atoms with Crippen molar-refractivity contribution in [3.8, 4) is 11.5 Å². The largest absolute Gasteiger partial charge is 0.496 e. The van der Waals surface area contributed by atoms with Crippen LogP contribution in [-0.2, 0) is 10.2 Å². The van der Waals surface area contributed by atoms with E-state index in [2.05, 4.69) is 4.90 Å². The number of rotatable bonds is 5. The second kappa shape index (κ2) is 5.71. The minimum Gasteiger partial charge on any atom is -0.496 e. The van der Waals surface area contributed by atoms with Crippen molar-refractivity contribution in [2.75, 3.05) is 32.2 Å². The molecule has 1 aliphatic carbocycles. The summed E-state index contributed by atoms with van der Waals surface area (Å²) in [7, 11) is 3.24.